The first-order chi connectivity index (χ1) is 7.56. The SMILES string of the molecule is CNC(CS(=O)c1ccccc1F)C(C)C. The molecule has 0 heterocycles. The molecule has 1 aromatic carbocycles. The summed E-state index contributed by atoms with van der Waals surface area (Å²) in [5, 5.41) is 3.11. The van der Waals surface area contributed by atoms with Gasteiger partial charge in [-0.3, -0.25) is 4.21 Å². The second-order valence-corrected chi connectivity index (χ2v) is 5.55. The van der Waals surface area contributed by atoms with Gasteiger partial charge in [-0.05, 0) is 25.1 Å². The smallest absolute Gasteiger partial charge is 0.139 e. The summed E-state index contributed by atoms with van der Waals surface area (Å²) in [5.74, 6) is 0.426. The van der Waals surface area contributed by atoms with Crippen molar-refractivity contribution < 1.29 is 8.60 Å². The van der Waals surface area contributed by atoms with Crippen LogP contribution >= 0.6 is 0 Å². The molecule has 16 heavy (non-hydrogen) atoms. The van der Waals surface area contributed by atoms with Crippen LogP contribution in [0.3, 0.4) is 0 Å². The highest BCUT2D eigenvalue weighted by molar-refractivity contribution is 7.85. The molecule has 2 atom stereocenters. The van der Waals surface area contributed by atoms with Crippen LogP contribution in [0.5, 0.6) is 0 Å². The summed E-state index contributed by atoms with van der Waals surface area (Å²) < 4.78 is 25.4. The molecule has 0 aliphatic rings. The first-order valence-corrected chi connectivity index (χ1v) is 6.68. The Labute approximate surface area is 98.7 Å². The van der Waals surface area contributed by atoms with Gasteiger partial charge >= 0.3 is 0 Å². The summed E-state index contributed by atoms with van der Waals surface area (Å²) >= 11 is 0. The molecular weight excluding hydrogens is 225 g/mol. The Morgan fingerprint density at radius 3 is 2.50 bits per heavy atom. The van der Waals surface area contributed by atoms with E-state index in [0.29, 0.717) is 16.6 Å². The van der Waals surface area contributed by atoms with Gasteiger partial charge in [0.05, 0.1) is 15.7 Å². The quantitative estimate of drug-likeness (QED) is 0.859. The molecule has 0 fully saturated rings. The highest BCUT2D eigenvalue weighted by Crippen LogP contribution is 2.14. The lowest BCUT2D eigenvalue weighted by molar-refractivity contribution is 0.461. The van der Waals surface area contributed by atoms with E-state index in [1.165, 1.54) is 6.07 Å². The van der Waals surface area contributed by atoms with Gasteiger partial charge in [-0.1, -0.05) is 26.0 Å². The summed E-state index contributed by atoms with van der Waals surface area (Å²) in [6.45, 7) is 4.11. The van der Waals surface area contributed by atoms with E-state index in [1.54, 1.807) is 18.2 Å². The van der Waals surface area contributed by atoms with E-state index in [0.717, 1.165) is 0 Å². The second kappa shape index (κ2) is 6.11. The first-order valence-electron chi connectivity index (χ1n) is 5.36. The van der Waals surface area contributed by atoms with Crippen LogP contribution in [0.2, 0.25) is 0 Å². The maximum Gasteiger partial charge on any atom is 0.139 e. The third-order valence-electron chi connectivity index (χ3n) is 2.59. The number of rotatable bonds is 5. The molecule has 4 heteroatoms. The third-order valence-corrected chi connectivity index (χ3v) is 4.07. The standard InChI is InChI=1S/C12H18FNOS/c1-9(2)11(14-3)8-16(15)12-7-5-4-6-10(12)13/h4-7,9,11,14H,8H2,1-3H3. The van der Waals surface area contributed by atoms with E-state index in [2.05, 4.69) is 19.2 Å². The molecule has 2 nitrogen and oxygen atoms in total. The number of hydrogen-bond acceptors (Lipinski definition) is 2. The lowest BCUT2D eigenvalue weighted by Gasteiger charge is -2.19. The average molecular weight is 243 g/mol. The van der Waals surface area contributed by atoms with Crippen LogP contribution in [0.4, 0.5) is 4.39 Å². The lowest BCUT2D eigenvalue weighted by Crippen LogP contribution is -2.35. The van der Waals surface area contributed by atoms with Crippen LogP contribution in [0.15, 0.2) is 29.2 Å². The number of halogens is 1. The molecule has 0 aliphatic heterocycles. The Hall–Kier alpha value is -0.740. The molecule has 0 radical (unpaired) electrons. The summed E-state index contributed by atoms with van der Waals surface area (Å²) in [6, 6.07) is 6.38. The predicted octanol–water partition coefficient (Wildman–Crippen LogP) is 2.18. The van der Waals surface area contributed by atoms with Crippen molar-refractivity contribution in [1.29, 1.82) is 0 Å². The fourth-order valence-corrected chi connectivity index (χ4v) is 3.06. The number of hydrogen-bond donors (Lipinski definition) is 1. The fourth-order valence-electron chi connectivity index (χ4n) is 1.49. The Bertz CT molecular complexity index is 368. The average Bonchev–Trinajstić information content (AvgIpc) is 2.25. The molecule has 0 saturated carbocycles. The topological polar surface area (TPSA) is 29.1 Å². The zero-order valence-electron chi connectivity index (χ0n) is 9.87. The van der Waals surface area contributed by atoms with Gasteiger partial charge in [0, 0.05) is 11.8 Å². The second-order valence-electron chi connectivity index (χ2n) is 4.08. The number of benzene rings is 1. The molecule has 2 unspecified atom stereocenters. The van der Waals surface area contributed by atoms with Crippen molar-refractivity contribution in [3.63, 3.8) is 0 Å². The molecule has 0 aromatic heterocycles. The summed E-state index contributed by atoms with van der Waals surface area (Å²) in [5.41, 5.74) is 0. The van der Waals surface area contributed by atoms with Crippen molar-refractivity contribution in [2.45, 2.75) is 24.8 Å². The molecule has 1 N–H and O–H groups in total. The van der Waals surface area contributed by atoms with Gasteiger partial charge in [0.2, 0.25) is 0 Å². The van der Waals surface area contributed by atoms with E-state index in [4.69, 9.17) is 0 Å². The number of nitrogens with one attached hydrogen (secondary N) is 1. The minimum atomic E-state index is -1.28. The Kier molecular flexibility index (Phi) is 5.09. The minimum absolute atomic E-state index is 0.139. The lowest BCUT2D eigenvalue weighted by atomic mass is 10.1. The van der Waals surface area contributed by atoms with Crippen molar-refractivity contribution in [2.75, 3.05) is 12.8 Å². The van der Waals surface area contributed by atoms with Crippen molar-refractivity contribution in [3.05, 3.63) is 30.1 Å². The van der Waals surface area contributed by atoms with Crippen LogP contribution in [0, 0.1) is 11.7 Å². The highest BCUT2D eigenvalue weighted by atomic mass is 32.2. The minimum Gasteiger partial charge on any atom is -0.316 e. The maximum atomic E-state index is 13.4. The van der Waals surface area contributed by atoms with E-state index in [9.17, 15) is 8.60 Å². The fraction of sp³-hybridized carbons (Fsp3) is 0.500. The van der Waals surface area contributed by atoms with Gasteiger partial charge in [0.25, 0.3) is 0 Å². The van der Waals surface area contributed by atoms with Gasteiger partial charge in [-0.2, -0.15) is 0 Å². The monoisotopic (exact) mass is 243 g/mol. The molecule has 0 aliphatic carbocycles. The normalized spacial score (nSPS) is 15.1. The van der Waals surface area contributed by atoms with E-state index < -0.39 is 10.8 Å². The van der Waals surface area contributed by atoms with Gasteiger partial charge in [0.1, 0.15) is 5.82 Å². The molecule has 0 bridgehead atoms. The summed E-state index contributed by atoms with van der Waals surface area (Å²) in [4.78, 5) is 0.295. The zero-order chi connectivity index (χ0) is 12.1. The Morgan fingerprint density at radius 1 is 1.38 bits per heavy atom. The van der Waals surface area contributed by atoms with E-state index >= 15 is 0 Å². The molecule has 0 amide bonds. The third kappa shape index (κ3) is 3.39. The Morgan fingerprint density at radius 2 is 2.00 bits per heavy atom. The molecule has 0 spiro atoms. The van der Waals surface area contributed by atoms with E-state index in [1.807, 2.05) is 7.05 Å². The van der Waals surface area contributed by atoms with Gasteiger partial charge < -0.3 is 5.32 Å². The van der Waals surface area contributed by atoms with Crippen molar-refractivity contribution in [3.8, 4) is 0 Å². The van der Waals surface area contributed by atoms with Crippen LogP contribution in [0.1, 0.15) is 13.8 Å². The van der Waals surface area contributed by atoms with E-state index in [-0.39, 0.29) is 11.9 Å². The van der Waals surface area contributed by atoms with Crippen LogP contribution in [-0.2, 0) is 10.8 Å². The van der Waals surface area contributed by atoms with Gasteiger partial charge in [0.15, 0.2) is 0 Å². The van der Waals surface area contributed by atoms with Gasteiger partial charge in [-0.25, -0.2) is 4.39 Å². The molecule has 1 rings (SSSR count). The van der Waals surface area contributed by atoms with Crippen molar-refractivity contribution >= 4 is 10.8 Å². The molecule has 90 valence electrons. The molecule has 0 saturated heterocycles. The van der Waals surface area contributed by atoms with Crippen LogP contribution in [-0.4, -0.2) is 23.1 Å². The predicted molar refractivity (Wildman–Crippen MR) is 65.4 cm³/mol. The molecule has 1 aromatic rings. The summed E-state index contributed by atoms with van der Waals surface area (Å²) in [6.07, 6.45) is 0. The van der Waals surface area contributed by atoms with Crippen LogP contribution < -0.4 is 5.32 Å². The molecular formula is C12H18FNOS. The Balaban J connectivity index is 2.76. The summed E-state index contributed by atoms with van der Waals surface area (Å²) in [7, 11) is 0.554. The van der Waals surface area contributed by atoms with Crippen LogP contribution in [0.25, 0.3) is 0 Å². The highest BCUT2D eigenvalue weighted by Gasteiger charge is 2.17. The first kappa shape index (κ1) is 13.3. The van der Waals surface area contributed by atoms with Crippen molar-refractivity contribution in [2.24, 2.45) is 5.92 Å². The van der Waals surface area contributed by atoms with Gasteiger partial charge in [-0.15, -0.1) is 0 Å². The largest absolute Gasteiger partial charge is 0.316 e. The maximum absolute atomic E-state index is 13.4. The zero-order valence-corrected chi connectivity index (χ0v) is 10.7. The van der Waals surface area contributed by atoms with Crippen molar-refractivity contribution in [1.82, 2.24) is 5.32 Å².